The van der Waals surface area contributed by atoms with Gasteiger partial charge in [0.15, 0.2) is 0 Å². The maximum Gasteiger partial charge on any atom is 0.346 e. The van der Waals surface area contributed by atoms with E-state index in [1.807, 2.05) is 30.3 Å². The summed E-state index contributed by atoms with van der Waals surface area (Å²) in [6.07, 6.45) is 1.53. The molecule has 1 N–H and O–H groups in total. The summed E-state index contributed by atoms with van der Waals surface area (Å²) in [5, 5.41) is 3.92. The number of rotatable bonds is 5. The number of ether oxygens (including phenoxy) is 2. The predicted octanol–water partition coefficient (Wildman–Crippen LogP) is 1.22. The van der Waals surface area contributed by atoms with Crippen LogP contribution in [0.4, 0.5) is 0 Å². The number of carbonyl (C=O) groups is 2. The predicted molar refractivity (Wildman–Crippen MR) is 76.8 cm³/mol. The summed E-state index contributed by atoms with van der Waals surface area (Å²) in [4.78, 5) is 24.8. The zero-order chi connectivity index (χ0) is 15.3. The fourth-order valence-electron chi connectivity index (χ4n) is 2.31. The Morgan fingerprint density at radius 1 is 1.14 bits per heavy atom. The molecule has 1 unspecified atom stereocenters. The molecule has 1 aliphatic heterocycles. The molecule has 1 heterocycles. The maximum atomic E-state index is 12.4. The summed E-state index contributed by atoms with van der Waals surface area (Å²) < 4.78 is 10.1. The van der Waals surface area contributed by atoms with Crippen molar-refractivity contribution in [3.8, 4) is 0 Å². The van der Waals surface area contributed by atoms with Gasteiger partial charge >= 0.3 is 11.9 Å². The Bertz CT molecular complexity index is 524. The van der Waals surface area contributed by atoms with Crippen LogP contribution >= 0.6 is 0 Å². The van der Waals surface area contributed by atoms with Gasteiger partial charge in [-0.3, -0.25) is 5.43 Å². The van der Waals surface area contributed by atoms with Crippen molar-refractivity contribution in [2.24, 2.45) is 5.10 Å². The van der Waals surface area contributed by atoms with E-state index in [2.05, 4.69) is 10.5 Å². The summed E-state index contributed by atoms with van der Waals surface area (Å²) in [5.74, 6) is -1.94. The quantitative estimate of drug-likeness (QED) is 0.652. The lowest BCUT2D eigenvalue weighted by Gasteiger charge is -2.29. The lowest BCUT2D eigenvalue weighted by atomic mass is 9.81. The average molecular weight is 290 g/mol. The third kappa shape index (κ3) is 2.61. The van der Waals surface area contributed by atoms with E-state index in [-0.39, 0.29) is 13.2 Å². The van der Waals surface area contributed by atoms with E-state index in [9.17, 15) is 9.59 Å². The molecule has 0 bridgehead atoms. The summed E-state index contributed by atoms with van der Waals surface area (Å²) in [5.41, 5.74) is 1.73. The third-order valence-corrected chi connectivity index (χ3v) is 3.28. The number of nitrogens with zero attached hydrogens (tertiary/aromatic N) is 1. The summed E-state index contributed by atoms with van der Waals surface area (Å²) in [6, 6.07) is 9.19. The normalized spacial score (nSPS) is 18.9. The zero-order valence-electron chi connectivity index (χ0n) is 12.0. The Balaban J connectivity index is 2.44. The maximum absolute atomic E-state index is 12.4. The SMILES string of the molecule is CCOC(=O)C1(C(=O)OCC)NN=CC1c1ccccc1. The first-order valence-electron chi connectivity index (χ1n) is 6.86. The molecule has 0 radical (unpaired) electrons. The number of carbonyl (C=O) groups excluding carboxylic acids is 2. The Kier molecular flexibility index (Phi) is 4.57. The molecule has 6 heteroatoms. The summed E-state index contributed by atoms with van der Waals surface area (Å²) in [6.45, 7) is 3.71. The van der Waals surface area contributed by atoms with Crippen molar-refractivity contribution in [2.75, 3.05) is 13.2 Å². The number of hydrogen-bond donors (Lipinski definition) is 1. The Morgan fingerprint density at radius 2 is 1.71 bits per heavy atom. The van der Waals surface area contributed by atoms with Gasteiger partial charge in [0.05, 0.1) is 19.1 Å². The smallest absolute Gasteiger partial charge is 0.346 e. The van der Waals surface area contributed by atoms with Crippen molar-refractivity contribution in [2.45, 2.75) is 25.3 Å². The number of nitrogens with one attached hydrogen (secondary N) is 1. The highest BCUT2D eigenvalue weighted by Crippen LogP contribution is 2.33. The van der Waals surface area contributed by atoms with Gasteiger partial charge in [-0.05, 0) is 19.4 Å². The molecule has 6 nitrogen and oxygen atoms in total. The molecule has 0 saturated carbocycles. The van der Waals surface area contributed by atoms with Crippen molar-refractivity contribution in [1.82, 2.24) is 5.43 Å². The molecule has 1 atom stereocenters. The molecule has 0 spiro atoms. The average Bonchev–Trinajstić information content (AvgIpc) is 2.94. The van der Waals surface area contributed by atoms with Crippen LogP contribution in [0.25, 0.3) is 0 Å². The van der Waals surface area contributed by atoms with E-state index >= 15 is 0 Å². The van der Waals surface area contributed by atoms with E-state index < -0.39 is 23.4 Å². The minimum atomic E-state index is -1.66. The molecule has 2 rings (SSSR count). The zero-order valence-corrected chi connectivity index (χ0v) is 12.0. The van der Waals surface area contributed by atoms with Gasteiger partial charge in [0.2, 0.25) is 0 Å². The van der Waals surface area contributed by atoms with Gasteiger partial charge in [-0.25, -0.2) is 9.59 Å². The van der Waals surface area contributed by atoms with E-state index in [4.69, 9.17) is 9.47 Å². The van der Waals surface area contributed by atoms with Gasteiger partial charge in [-0.15, -0.1) is 0 Å². The first kappa shape index (κ1) is 15.0. The van der Waals surface area contributed by atoms with Crippen LogP contribution in [0.5, 0.6) is 0 Å². The molecular formula is C15H18N2O4. The highest BCUT2D eigenvalue weighted by Gasteiger charge is 2.58. The van der Waals surface area contributed by atoms with Crippen LogP contribution in [0.2, 0.25) is 0 Å². The van der Waals surface area contributed by atoms with E-state index in [1.54, 1.807) is 13.8 Å². The molecule has 0 fully saturated rings. The van der Waals surface area contributed by atoms with E-state index in [1.165, 1.54) is 6.21 Å². The van der Waals surface area contributed by atoms with E-state index in [0.29, 0.717) is 0 Å². The number of esters is 2. The molecule has 0 aromatic heterocycles. The van der Waals surface area contributed by atoms with E-state index in [0.717, 1.165) is 5.56 Å². The molecule has 112 valence electrons. The lowest BCUT2D eigenvalue weighted by Crippen LogP contribution is -2.59. The van der Waals surface area contributed by atoms with Crippen LogP contribution in [-0.2, 0) is 19.1 Å². The van der Waals surface area contributed by atoms with Gasteiger partial charge in [0, 0.05) is 6.21 Å². The fraction of sp³-hybridized carbons (Fsp3) is 0.400. The molecule has 0 saturated heterocycles. The lowest BCUT2D eigenvalue weighted by molar-refractivity contribution is -0.166. The molecule has 21 heavy (non-hydrogen) atoms. The molecule has 1 aliphatic rings. The van der Waals surface area contributed by atoms with Crippen LogP contribution in [0.1, 0.15) is 25.3 Å². The monoisotopic (exact) mass is 290 g/mol. The minimum absolute atomic E-state index is 0.170. The van der Waals surface area contributed by atoms with Crippen LogP contribution < -0.4 is 5.43 Å². The topological polar surface area (TPSA) is 77.0 Å². The first-order chi connectivity index (χ1) is 10.2. The second-order valence-electron chi connectivity index (χ2n) is 4.53. The largest absolute Gasteiger partial charge is 0.464 e. The van der Waals surface area contributed by atoms with Gasteiger partial charge in [-0.2, -0.15) is 5.10 Å². The Morgan fingerprint density at radius 3 is 2.24 bits per heavy atom. The minimum Gasteiger partial charge on any atom is -0.464 e. The number of hydrogen-bond acceptors (Lipinski definition) is 6. The Labute approximate surface area is 123 Å². The third-order valence-electron chi connectivity index (χ3n) is 3.28. The van der Waals surface area contributed by atoms with Crippen molar-refractivity contribution in [1.29, 1.82) is 0 Å². The van der Waals surface area contributed by atoms with Crippen LogP contribution in [0.3, 0.4) is 0 Å². The van der Waals surface area contributed by atoms with Crippen molar-refractivity contribution in [3.63, 3.8) is 0 Å². The second-order valence-corrected chi connectivity index (χ2v) is 4.53. The van der Waals surface area contributed by atoms with Crippen LogP contribution in [0.15, 0.2) is 35.4 Å². The van der Waals surface area contributed by atoms with Gasteiger partial charge in [0.1, 0.15) is 0 Å². The van der Waals surface area contributed by atoms with Gasteiger partial charge in [-0.1, -0.05) is 30.3 Å². The summed E-state index contributed by atoms with van der Waals surface area (Å²) >= 11 is 0. The molecule has 0 aliphatic carbocycles. The molecule has 1 aromatic carbocycles. The fourth-order valence-corrected chi connectivity index (χ4v) is 2.31. The molecular weight excluding hydrogens is 272 g/mol. The summed E-state index contributed by atoms with van der Waals surface area (Å²) in [7, 11) is 0. The van der Waals surface area contributed by atoms with Crippen molar-refractivity contribution in [3.05, 3.63) is 35.9 Å². The van der Waals surface area contributed by atoms with Crippen LogP contribution in [-0.4, -0.2) is 36.9 Å². The van der Waals surface area contributed by atoms with Gasteiger partial charge < -0.3 is 9.47 Å². The standard InChI is InChI=1S/C15H18N2O4/c1-3-20-13(18)15(14(19)21-4-2)12(10-16-17-15)11-8-6-5-7-9-11/h5-10,12,17H,3-4H2,1-2H3. The molecule has 1 aromatic rings. The second kappa shape index (κ2) is 6.39. The molecule has 0 amide bonds. The first-order valence-corrected chi connectivity index (χ1v) is 6.86. The highest BCUT2D eigenvalue weighted by atomic mass is 16.6. The Hall–Kier alpha value is -2.37. The number of benzene rings is 1. The highest BCUT2D eigenvalue weighted by molar-refractivity contribution is 6.10. The van der Waals surface area contributed by atoms with Crippen molar-refractivity contribution < 1.29 is 19.1 Å². The number of hydrazone groups is 1. The van der Waals surface area contributed by atoms with Crippen molar-refractivity contribution >= 4 is 18.2 Å². The van der Waals surface area contributed by atoms with Gasteiger partial charge in [0.25, 0.3) is 5.54 Å². The van der Waals surface area contributed by atoms with Crippen LogP contribution in [0, 0.1) is 0 Å².